The van der Waals surface area contributed by atoms with Gasteiger partial charge in [0.1, 0.15) is 0 Å². The second kappa shape index (κ2) is 7.18. The van der Waals surface area contributed by atoms with Gasteiger partial charge in [0.25, 0.3) is 0 Å². The summed E-state index contributed by atoms with van der Waals surface area (Å²) >= 11 is 6.23. The van der Waals surface area contributed by atoms with E-state index in [-0.39, 0.29) is 5.78 Å². The highest BCUT2D eigenvalue weighted by Gasteiger charge is 2.18. The van der Waals surface area contributed by atoms with Crippen LogP contribution in [0.2, 0.25) is 5.02 Å². The van der Waals surface area contributed by atoms with Crippen molar-refractivity contribution in [1.29, 1.82) is 0 Å². The highest BCUT2D eigenvalue weighted by Crippen LogP contribution is 2.34. The first-order chi connectivity index (χ1) is 10.6. The Bertz CT molecular complexity index is 686. The molecule has 2 rings (SSSR count). The Morgan fingerprint density at radius 2 is 1.73 bits per heavy atom. The molecule has 0 heterocycles. The van der Waals surface area contributed by atoms with E-state index in [1.807, 2.05) is 13.8 Å². The molecule has 0 fully saturated rings. The molecule has 116 valence electrons. The lowest BCUT2D eigenvalue weighted by Gasteiger charge is -2.13. The fourth-order valence-electron chi connectivity index (χ4n) is 2.08. The molecule has 0 aliphatic carbocycles. The van der Waals surface area contributed by atoms with Crippen LogP contribution in [-0.4, -0.2) is 19.0 Å². The number of nitrogen functional groups attached to an aromatic ring is 1. The highest BCUT2D eigenvalue weighted by molar-refractivity contribution is 6.35. The maximum absolute atomic E-state index is 12.6. The molecule has 5 heteroatoms. The van der Waals surface area contributed by atoms with Crippen molar-refractivity contribution >= 4 is 23.1 Å². The first kappa shape index (κ1) is 16.2. The molecule has 0 radical (unpaired) electrons. The van der Waals surface area contributed by atoms with Crippen LogP contribution in [0.1, 0.15) is 29.8 Å². The molecular weight excluding hydrogens is 302 g/mol. The van der Waals surface area contributed by atoms with Crippen LogP contribution in [0, 0.1) is 0 Å². The largest absolute Gasteiger partial charge is 0.490 e. The number of carbonyl (C=O) groups is 1. The van der Waals surface area contributed by atoms with Crippen molar-refractivity contribution in [1.82, 2.24) is 0 Å². The minimum atomic E-state index is -0.207. The summed E-state index contributed by atoms with van der Waals surface area (Å²) < 4.78 is 11.0. The van der Waals surface area contributed by atoms with Crippen molar-refractivity contribution in [3.8, 4) is 11.5 Å². The van der Waals surface area contributed by atoms with Gasteiger partial charge in [-0.2, -0.15) is 0 Å². The van der Waals surface area contributed by atoms with Crippen LogP contribution in [0.4, 0.5) is 5.69 Å². The summed E-state index contributed by atoms with van der Waals surface area (Å²) in [5.74, 6) is 0.820. The molecule has 0 atom stereocenters. The average molecular weight is 320 g/mol. The summed E-state index contributed by atoms with van der Waals surface area (Å²) in [6, 6.07) is 10.00. The summed E-state index contributed by atoms with van der Waals surface area (Å²) in [6.45, 7) is 4.69. The molecule has 2 aromatic rings. The van der Waals surface area contributed by atoms with E-state index in [0.717, 1.165) is 0 Å². The zero-order valence-electron chi connectivity index (χ0n) is 12.6. The first-order valence-corrected chi connectivity index (χ1v) is 7.44. The quantitative estimate of drug-likeness (QED) is 0.647. The van der Waals surface area contributed by atoms with E-state index in [2.05, 4.69) is 0 Å². The van der Waals surface area contributed by atoms with Crippen LogP contribution in [-0.2, 0) is 0 Å². The lowest BCUT2D eigenvalue weighted by Crippen LogP contribution is -2.06. The zero-order valence-corrected chi connectivity index (χ0v) is 13.3. The molecule has 4 nitrogen and oxygen atoms in total. The van der Waals surface area contributed by atoms with Gasteiger partial charge in [0.15, 0.2) is 17.3 Å². The molecule has 0 aromatic heterocycles. The van der Waals surface area contributed by atoms with Gasteiger partial charge in [-0.3, -0.25) is 4.79 Å². The van der Waals surface area contributed by atoms with Crippen LogP contribution in [0.5, 0.6) is 11.5 Å². The van der Waals surface area contributed by atoms with E-state index in [0.29, 0.717) is 46.5 Å². The maximum Gasteiger partial charge on any atom is 0.194 e. The number of carbonyl (C=O) groups excluding carboxylic acids is 1. The number of rotatable bonds is 6. The Hall–Kier alpha value is -2.20. The van der Waals surface area contributed by atoms with Crippen molar-refractivity contribution in [3.63, 3.8) is 0 Å². The fraction of sp³-hybridized carbons (Fsp3) is 0.235. The molecule has 0 bridgehead atoms. The highest BCUT2D eigenvalue weighted by atomic mass is 35.5. The van der Waals surface area contributed by atoms with Gasteiger partial charge in [-0.1, -0.05) is 23.7 Å². The second-order valence-electron chi connectivity index (χ2n) is 4.60. The summed E-state index contributed by atoms with van der Waals surface area (Å²) in [7, 11) is 0. The SMILES string of the molecule is CCOc1cc(Cl)c(C(=O)c2cccc(N)c2)cc1OCC. The summed E-state index contributed by atoms with van der Waals surface area (Å²) in [5, 5.41) is 0.319. The number of halogens is 1. The van der Waals surface area contributed by atoms with Crippen molar-refractivity contribution in [3.05, 3.63) is 52.5 Å². The molecule has 2 aromatic carbocycles. The van der Waals surface area contributed by atoms with Gasteiger partial charge in [0.05, 0.1) is 18.2 Å². The predicted molar refractivity (Wildman–Crippen MR) is 88.1 cm³/mol. The average Bonchev–Trinajstić information content (AvgIpc) is 2.49. The van der Waals surface area contributed by atoms with E-state index in [9.17, 15) is 4.79 Å². The van der Waals surface area contributed by atoms with E-state index in [1.165, 1.54) is 0 Å². The molecule has 0 unspecified atom stereocenters. The van der Waals surface area contributed by atoms with Gasteiger partial charge in [-0.05, 0) is 32.0 Å². The Morgan fingerprint density at radius 3 is 2.32 bits per heavy atom. The van der Waals surface area contributed by atoms with E-state index < -0.39 is 0 Å². The minimum Gasteiger partial charge on any atom is -0.490 e. The van der Waals surface area contributed by atoms with Crippen molar-refractivity contribution in [2.45, 2.75) is 13.8 Å². The molecule has 0 saturated carbocycles. The normalized spacial score (nSPS) is 10.3. The van der Waals surface area contributed by atoms with Gasteiger partial charge in [-0.15, -0.1) is 0 Å². The predicted octanol–water partition coefficient (Wildman–Crippen LogP) is 3.95. The van der Waals surface area contributed by atoms with E-state index >= 15 is 0 Å². The second-order valence-corrected chi connectivity index (χ2v) is 5.01. The summed E-state index contributed by atoms with van der Waals surface area (Å²) in [6.07, 6.45) is 0. The third-order valence-corrected chi connectivity index (χ3v) is 3.34. The summed E-state index contributed by atoms with van der Waals surface area (Å²) in [4.78, 5) is 12.6. The molecule has 22 heavy (non-hydrogen) atoms. The topological polar surface area (TPSA) is 61.5 Å². The fourth-order valence-corrected chi connectivity index (χ4v) is 2.32. The Kier molecular flexibility index (Phi) is 5.28. The minimum absolute atomic E-state index is 0.207. The van der Waals surface area contributed by atoms with Gasteiger partial charge >= 0.3 is 0 Å². The molecule has 2 N–H and O–H groups in total. The lowest BCUT2D eigenvalue weighted by molar-refractivity contribution is 0.103. The number of benzene rings is 2. The lowest BCUT2D eigenvalue weighted by atomic mass is 10.0. The number of ether oxygens (including phenoxy) is 2. The van der Waals surface area contributed by atoms with Crippen LogP contribution in [0.3, 0.4) is 0 Å². The van der Waals surface area contributed by atoms with Gasteiger partial charge in [0.2, 0.25) is 0 Å². The standard InChI is InChI=1S/C17H18ClNO3/c1-3-21-15-9-13(14(18)10-16(15)22-4-2)17(20)11-6-5-7-12(19)8-11/h5-10H,3-4,19H2,1-2H3. The Labute approximate surface area is 134 Å². The van der Waals surface area contributed by atoms with E-state index in [4.69, 9.17) is 26.8 Å². The Morgan fingerprint density at radius 1 is 1.09 bits per heavy atom. The number of ketones is 1. The zero-order chi connectivity index (χ0) is 16.1. The molecule has 0 amide bonds. The van der Waals surface area contributed by atoms with Crippen molar-refractivity contribution in [2.75, 3.05) is 18.9 Å². The molecule has 0 aliphatic rings. The number of hydrogen-bond donors (Lipinski definition) is 1. The third-order valence-electron chi connectivity index (χ3n) is 3.03. The number of nitrogens with two attached hydrogens (primary N) is 1. The summed E-state index contributed by atoms with van der Waals surface area (Å²) in [5.41, 5.74) is 7.09. The molecule has 0 spiro atoms. The van der Waals surface area contributed by atoms with Crippen LogP contribution in [0.15, 0.2) is 36.4 Å². The third kappa shape index (κ3) is 3.52. The van der Waals surface area contributed by atoms with E-state index in [1.54, 1.807) is 36.4 Å². The van der Waals surface area contributed by atoms with Gasteiger partial charge < -0.3 is 15.2 Å². The maximum atomic E-state index is 12.6. The van der Waals surface area contributed by atoms with Crippen molar-refractivity contribution < 1.29 is 14.3 Å². The number of hydrogen-bond acceptors (Lipinski definition) is 4. The molecular formula is C17H18ClNO3. The van der Waals surface area contributed by atoms with Gasteiger partial charge in [-0.25, -0.2) is 0 Å². The molecule has 0 aliphatic heterocycles. The van der Waals surface area contributed by atoms with Crippen LogP contribution < -0.4 is 15.2 Å². The Balaban J connectivity index is 2.46. The first-order valence-electron chi connectivity index (χ1n) is 7.06. The van der Waals surface area contributed by atoms with Crippen LogP contribution in [0.25, 0.3) is 0 Å². The monoisotopic (exact) mass is 319 g/mol. The smallest absolute Gasteiger partial charge is 0.194 e. The van der Waals surface area contributed by atoms with Gasteiger partial charge in [0, 0.05) is 22.9 Å². The van der Waals surface area contributed by atoms with Crippen LogP contribution >= 0.6 is 11.6 Å². The molecule has 0 saturated heterocycles. The van der Waals surface area contributed by atoms with Crippen molar-refractivity contribution in [2.24, 2.45) is 0 Å². The number of anilines is 1.